The van der Waals surface area contributed by atoms with Crippen LogP contribution < -0.4 is 5.32 Å². The van der Waals surface area contributed by atoms with Crippen molar-refractivity contribution >= 4 is 11.6 Å². The predicted molar refractivity (Wildman–Crippen MR) is 51.0 cm³/mol. The number of halogens is 1. The molecule has 0 aromatic heterocycles. The molecule has 0 aromatic carbocycles. The fourth-order valence-corrected chi connectivity index (χ4v) is 0.747. The van der Waals surface area contributed by atoms with E-state index in [1.807, 2.05) is 0 Å². The minimum Gasteiger partial charge on any atom is -0.311 e. The van der Waals surface area contributed by atoms with Gasteiger partial charge in [0.2, 0.25) is 0 Å². The quantitative estimate of drug-likeness (QED) is 0.614. The predicted octanol–water partition coefficient (Wildman–Crippen LogP) is 1.28. The van der Waals surface area contributed by atoms with Crippen LogP contribution in [0.25, 0.3) is 0 Å². The first kappa shape index (κ1) is 11.0. The third kappa shape index (κ3) is 7.85. The Morgan fingerprint density at radius 1 is 1.64 bits per heavy atom. The van der Waals surface area contributed by atoms with Gasteiger partial charge in [-0.15, -0.1) is 0 Å². The van der Waals surface area contributed by atoms with E-state index in [0.717, 1.165) is 19.6 Å². The molecule has 0 spiro atoms. The van der Waals surface area contributed by atoms with E-state index < -0.39 is 0 Å². The molecule has 0 saturated heterocycles. The van der Waals surface area contributed by atoms with Crippen LogP contribution in [0.1, 0.15) is 6.92 Å². The number of rotatable bonds is 6. The zero-order valence-corrected chi connectivity index (χ0v) is 8.12. The number of nitrogens with zero attached hydrogens (tertiary/aromatic N) is 1. The fraction of sp³-hybridized carbons (Fsp3) is 0.750. The van der Waals surface area contributed by atoms with Gasteiger partial charge in [-0.3, -0.25) is 0 Å². The van der Waals surface area contributed by atoms with Crippen LogP contribution in [0.4, 0.5) is 0 Å². The molecule has 0 radical (unpaired) electrons. The molecule has 0 amide bonds. The first-order valence-electron chi connectivity index (χ1n) is 3.89. The van der Waals surface area contributed by atoms with Crippen molar-refractivity contribution in [2.45, 2.75) is 6.92 Å². The Bertz CT molecular complexity index is 115. The Hall–Kier alpha value is -0.0500. The third-order valence-corrected chi connectivity index (χ3v) is 1.66. The Kier molecular flexibility index (Phi) is 6.62. The maximum atomic E-state index is 5.56. The molecule has 1 N–H and O–H groups in total. The summed E-state index contributed by atoms with van der Waals surface area (Å²) < 4.78 is 0. The van der Waals surface area contributed by atoms with Gasteiger partial charge >= 0.3 is 0 Å². The second kappa shape index (κ2) is 6.65. The molecule has 0 atom stereocenters. The second-order valence-corrected chi connectivity index (χ2v) is 3.12. The number of hydrogen-bond donors (Lipinski definition) is 1. The van der Waals surface area contributed by atoms with Crippen molar-refractivity contribution in [3.8, 4) is 0 Å². The SMILES string of the molecule is C=C(Cl)CNCCN(C)CC. The molecule has 0 bridgehead atoms. The van der Waals surface area contributed by atoms with Crippen molar-refractivity contribution in [2.75, 3.05) is 33.2 Å². The van der Waals surface area contributed by atoms with Crippen LogP contribution in [-0.2, 0) is 0 Å². The Labute approximate surface area is 74.2 Å². The van der Waals surface area contributed by atoms with Crippen LogP contribution in [0, 0.1) is 0 Å². The van der Waals surface area contributed by atoms with Crippen LogP contribution in [-0.4, -0.2) is 38.1 Å². The van der Waals surface area contributed by atoms with Crippen molar-refractivity contribution in [1.29, 1.82) is 0 Å². The van der Waals surface area contributed by atoms with E-state index in [9.17, 15) is 0 Å². The fourth-order valence-electron chi connectivity index (χ4n) is 0.652. The van der Waals surface area contributed by atoms with Crippen molar-refractivity contribution in [2.24, 2.45) is 0 Å². The number of hydrogen-bond acceptors (Lipinski definition) is 2. The molecule has 0 saturated carbocycles. The summed E-state index contributed by atoms with van der Waals surface area (Å²) in [5.74, 6) is 0. The van der Waals surface area contributed by atoms with Gasteiger partial charge < -0.3 is 10.2 Å². The van der Waals surface area contributed by atoms with Gasteiger partial charge in [-0.1, -0.05) is 25.1 Å². The van der Waals surface area contributed by atoms with Crippen LogP contribution in [0.15, 0.2) is 11.6 Å². The zero-order valence-electron chi connectivity index (χ0n) is 7.36. The van der Waals surface area contributed by atoms with Gasteiger partial charge in [0.05, 0.1) is 0 Å². The molecule has 66 valence electrons. The lowest BCUT2D eigenvalue weighted by Crippen LogP contribution is -2.29. The molecule has 0 aliphatic carbocycles. The summed E-state index contributed by atoms with van der Waals surface area (Å²) in [5.41, 5.74) is 0. The zero-order chi connectivity index (χ0) is 8.69. The number of nitrogens with one attached hydrogen (secondary N) is 1. The van der Waals surface area contributed by atoms with Crippen LogP contribution in [0.2, 0.25) is 0 Å². The smallest absolute Gasteiger partial charge is 0.0307 e. The minimum absolute atomic E-state index is 0.671. The molecular formula is C8H17ClN2. The van der Waals surface area contributed by atoms with Crippen LogP contribution in [0.5, 0.6) is 0 Å². The van der Waals surface area contributed by atoms with Gasteiger partial charge in [-0.05, 0) is 13.6 Å². The van der Waals surface area contributed by atoms with Gasteiger partial charge in [0.1, 0.15) is 0 Å². The van der Waals surface area contributed by atoms with Crippen molar-refractivity contribution in [3.05, 3.63) is 11.6 Å². The molecule has 2 nitrogen and oxygen atoms in total. The van der Waals surface area contributed by atoms with E-state index >= 15 is 0 Å². The van der Waals surface area contributed by atoms with Crippen molar-refractivity contribution < 1.29 is 0 Å². The summed E-state index contributed by atoms with van der Waals surface area (Å²) >= 11 is 5.56. The molecule has 0 heterocycles. The highest BCUT2D eigenvalue weighted by atomic mass is 35.5. The standard InChI is InChI=1S/C8H17ClN2/c1-4-11(3)6-5-10-7-8(2)9/h10H,2,4-7H2,1,3H3. The van der Waals surface area contributed by atoms with E-state index in [0.29, 0.717) is 11.6 Å². The number of likely N-dealkylation sites (N-methyl/N-ethyl adjacent to an activating group) is 1. The minimum atomic E-state index is 0.671. The molecule has 0 aromatic rings. The normalized spacial score (nSPS) is 10.5. The third-order valence-electron chi connectivity index (χ3n) is 1.53. The van der Waals surface area contributed by atoms with Crippen molar-refractivity contribution in [3.63, 3.8) is 0 Å². The largest absolute Gasteiger partial charge is 0.311 e. The summed E-state index contributed by atoms with van der Waals surface area (Å²) in [6.07, 6.45) is 0. The maximum absolute atomic E-state index is 5.56. The molecule has 0 rings (SSSR count). The first-order chi connectivity index (χ1) is 5.16. The summed E-state index contributed by atoms with van der Waals surface area (Å²) in [7, 11) is 2.09. The Balaban J connectivity index is 3.08. The highest BCUT2D eigenvalue weighted by Gasteiger charge is 1.92. The molecule has 0 fully saturated rings. The lowest BCUT2D eigenvalue weighted by molar-refractivity contribution is 0.351. The molecule has 0 aliphatic heterocycles. The van der Waals surface area contributed by atoms with E-state index in [1.165, 1.54) is 0 Å². The second-order valence-electron chi connectivity index (χ2n) is 2.59. The van der Waals surface area contributed by atoms with Gasteiger partial charge in [0.25, 0.3) is 0 Å². The lowest BCUT2D eigenvalue weighted by atomic mass is 10.5. The van der Waals surface area contributed by atoms with Gasteiger partial charge in [0, 0.05) is 24.7 Å². The molecule has 11 heavy (non-hydrogen) atoms. The lowest BCUT2D eigenvalue weighted by Gasteiger charge is -2.13. The summed E-state index contributed by atoms with van der Waals surface area (Å²) in [6, 6.07) is 0. The van der Waals surface area contributed by atoms with E-state index in [4.69, 9.17) is 11.6 Å². The molecular weight excluding hydrogens is 160 g/mol. The highest BCUT2D eigenvalue weighted by Crippen LogP contribution is 1.91. The molecule has 3 heteroatoms. The monoisotopic (exact) mass is 176 g/mol. The van der Waals surface area contributed by atoms with Gasteiger partial charge in [-0.2, -0.15) is 0 Å². The molecule has 0 aliphatic rings. The summed E-state index contributed by atoms with van der Waals surface area (Å²) in [5, 5.41) is 3.85. The maximum Gasteiger partial charge on any atom is 0.0307 e. The van der Waals surface area contributed by atoms with Crippen molar-refractivity contribution in [1.82, 2.24) is 10.2 Å². The Morgan fingerprint density at radius 2 is 2.27 bits per heavy atom. The van der Waals surface area contributed by atoms with E-state index in [1.54, 1.807) is 0 Å². The molecule has 0 unspecified atom stereocenters. The summed E-state index contributed by atoms with van der Waals surface area (Å²) in [6.45, 7) is 9.54. The average molecular weight is 177 g/mol. The van der Waals surface area contributed by atoms with E-state index in [2.05, 4.69) is 30.8 Å². The van der Waals surface area contributed by atoms with Crippen LogP contribution >= 0.6 is 11.6 Å². The van der Waals surface area contributed by atoms with Gasteiger partial charge in [-0.25, -0.2) is 0 Å². The van der Waals surface area contributed by atoms with E-state index in [-0.39, 0.29) is 0 Å². The average Bonchev–Trinajstić information content (AvgIpc) is 1.97. The van der Waals surface area contributed by atoms with Crippen LogP contribution in [0.3, 0.4) is 0 Å². The summed E-state index contributed by atoms with van der Waals surface area (Å²) in [4.78, 5) is 2.24. The highest BCUT2D eigenvalue weighted by molar-refractivity contribution is 6.29. The Morgan fingerprint density at radius 3 is 2.73 bits per heavy atom. The topological polar surface area (TPSA) is 15.3 Å². The first-order valence-corrected chi connectivity index (χ1v) is 4.27. The van der Waals surface area contributed by atoms with Gasteiger partial charge in [0.15, 0.2) is 0 Å².